The van der Waals surface area contributed by atoms with E-state index in [1.54, 1.807) is 24.3 Å². The molecular weight excluding hydrogens is 350 g/mol. The summed E-state index contributed by atoms with van der Waals surface area (Å²) in [7, 11) is -3.39. The monoisotopic (exact) mass is 367 g/mol. The van der Waals surface area contributed by atoms with Crippen LogP contribution in [0.4, 0.5) is 5.69 Å². The Labute approximate surface area is 151 Å². The van der Waals surface area contributed by atoms with Crippen LogP contribution in [-0.4, -0.2) is 30.8 Å². The quantitative estimate of drug-likeness (QED) is 0.749. The molecule has 0 aliphatic carbocycles. The highest BCUT2D eigenvalue weighted by Crippen LogP contribution is 2.21. The lowest BCUT2D eigenvalue weighted by Crippen LogP contribution is -2.14. The van der Waals surface area contributed by atoms with Gasteiger partial charge in [0.1, 0.15) is 0 Å². The van der Waals surface area contributed by atoms with Crippen LogP contribution in [0.15, 0.2) is 71.8 Å². The molecule has 7 heteroatoms. The summed E-state index contributed by atoms with van der Waals surface area (Å²) in [6, 6.07) is 19.6. The van der Waals surface area contributed by atoms with E-state index in [9.17, 15) is 13.2 Å². The summed E-state index contributed by atoms with van der Waals surface area (Å²) in [5, 5.41) is 10.5. The molecule has 0 radical (unpaired) electrons. The van der Waals surface area contributed by atoms with E-state index in [2.05, 4.69) is 15.5 Å². The van der Waals surface area contributed by atoms with Crippen molar-refractivity contribution in [1.29, 1.82) is 0 Å². The van der Waals surface area contributed by atoms with Gasteiger partial charge in [-0.05, 0) is 29.8 Å². The Morgan fingerprint density at radius 3 is 2.38 bits per heavy atom. The second-order valence-corrected chi connectivity index (χ2v) is 7.78. The average molecular weight is 367 g/mol. The molecule has 0 unspecified atom stereocenters. The minimum absolute atomic E-state index is 0.0754. The molecule has 0 spiro atoms. The molecule has 0 aliphatic rings. The molecule has 3 aromatic rings. The fourth-order valence-corrected chi connectivity index (χ4v) is 2.92. The van der Waals surface area contributed by atoms with Gasteiger partial charge < -0.3 is 5.32 Å². The Bertz CT molecular complexity index is 1020. The number of nitrogens with zero attached hydrogens (tertiary/aromatic N) is 2. The van der Waals surface area contributed by atoms with Crippen molar-refractivity contribution in [3.8, 4) is 11.3 Å². The predicted octanol–water partition coefficient (Wildman–Crippen LogP) is 2.73. The van der Waals surface area contributed by atoms with E-state index < -0.39 is 9.84 Å². The molecule has 0 bridgehead atoms. The van der Waals surface area contributed by atoms with E-state index >= 15 is 0 Å². The fraction of sp³-hybridized carbons (Fsp3) is 0.105. The number of aromatic nitrogens is 2. The summed E-state index contributed by atoms with van der Waals surface area (Å²) in [5.41, 5.74) is 2.83. The van der Waals surface area contributed by atoms with E-state index in [0.29, 0.717) is 11.4 Å². The summed E-state index contributed by atoms with van der Waals surface area (Å²) < 4.78 is 22.9. The van der Waals surface area contributed by atoms with Gasteiger partial charge in [-0.25, -0.2) is 8.42 Å². The van der Waals surface area contributed by atoms with Gasteiger partial charge in [0.25, 0.3) is 0 Å². The number of sulfone groups is 1. The van der Waals surface area contributed by atoms with E-state index in [0.717, 1.165) is 17.4 Å². The first kappa shape index (κ1) is 17.8. The van der Waals surface area contributed by atoms with Crippen molar-refractivity contribution in [2.45, 2.75) is 11.4 Å². The second-order valence-electron chi connectivity index (χ2n) is 5.82. The number of hydrogen-bond acceptors (Lipinski definition) is 5. The standard InChI is InChI=1S/C19H17N3O3S/c1-26(24,25)19-11-10-17(21-22-19)15-8-5-9-16(13-15)20-18(23)12-14-6-3-2-4-7-14/h2-11,13H,12H2,1H3,(H,20,23). The molecular formula is C19H17N3O3S. The van der Waals surface area contributed by atoms with Gasteiger partial charge in [0.05, 0.1) is 12.1 Å². The maximum Gasteiger partial charge on any atom is 0.228 e. The number of amides is 1. The highest BCUT2D eigenvalue weighted by Gasteiger charge is 2.11. The number of nitrogens with one attached hydrogen (secondary N) is 1. The zero-order chi connectivity index (χ0) is 18.6. The van der Waals surface area contributed by atoms with Gasteiger partial charge in [-0.3, -0.25) is 4.79 Å². The van der Waals surface area contributed by atoms with Crippen molar-refractivity contribution >= 4 is 21.4 Å². The largest absolute Gasteiger partial charge is 0.326 e. The van der Waals surface area contributed by atoms with E-state index in [1.165, 1.54) is 6.07 Å². The molecule has 26 heavy (non-hydrogen) atoms. The number of benzene rings is 2. The lowest BCUT2D eigenvalue weighted by Gasteiger charge is -2.07. The molecule has 1 amide bonds. The lowest BCUT2D eigenvalue weighted by molar-refractivity contribution is -0.115. The number of anilines is 1. The van der Waals surface area contributed by atoms with Crippen molar-refractivity contribution in [2.75, 3.05) is 11.6 Å². The van der Waals surface area contributed by atoms with Crippen LogP contribution in [0.3, 0.4) is 0 Å². The Kier molecular flexibility index (Phi) is 5.09. The first-order valence-electron chi connectivity index (χ1n) is 7.90. The Hall–Kier alpha value is -3.06. The number of carbonyl (C=O) groups excluding carboxylic acids is 1. The number of rotatable bonds is 5. The smallest absolute Gasteiger partial charge is 0.228 e. The number of hydrogen-bond donors (Lipinski definition) is 1. The van der Waals surface area contributed by atoms with Crippen LogP contribution in [0.5, 0.6) is 0 Å². The molecule has 0 saturated carbocycles. The van der Waals surface area contributed by atoms with Crippen molar-refractivity contribution in [3.63, 3.8) is 0 Å². The fourth-order valence-electron chi connectivity index (χ4n) is 2.41. The van der Waals surface area contributed by atoms with Gasteiger partial charge in [-0.1, -0.05) is 42.5 Å². The molecule has 2 aromatic carbocycles. The molecule has 3 rings (SSSR count). The molecule has 1 aromatic heterocycles. The van der Waals surface area contributed by atoms with Crippen LogP contribution in [0, 0.1) is 0 Å². The zero-order valence-corrected chi connectivity index (χ0v) is 14.9. The van der Waals surface area contributed by atoms with Gasteiger partial charge in [-0.15, -0.1) is 10.2 Å². The third-order valence-corrected chi connectivity index (χ3v) is 4.65. The summed E-state index contributed by atoms with van der Waals surface area (Å²) in [5.74, 6) is -0.119. The van der Waals surface area contributed by atoms with Crippen LogP contribution in [0.1, 0.15) is 5.56 Å². The van der Waals surface area contributed by atoms with E-state index in [4.69, 9.17) is 0 Å². The maximum atomic E-state index is 12.2. The summed E-state index contributed by atoms with van der Waals surface area (Å²) in [6.07, 6.45) is 1.37. The average Bonchev–Trinajstić information content (AvgIpc) is 2.62. The third kappa shape index (κ3) is 4.52. The maximum absolute atomic E-state index is 12.2. The van der Waals surface area contributed by atoms with Crippen LogP contribution >= 0.6 is 0 Å². The summed E-state index contributed by atoms with van der Waals surface area (Å²) >= 11 is 0. The molecule has 0 fully saturated rings. The van der Waals surface area contributed by atoms with Crippen molar-refractivity contribution in [1.82, 2.24) is 10.2 Å². The normalized spacial score (nSPS) is 11.1. The molecule has 0 atom stereocenters. The topological polar surface area (TPSA) is 89.0 Å². The Morgan fingerprint density at radius 1 is 0.962 bits per heavy atom. The van der Waals surface area contributed by atoms with Gasteiger partial charge in [0, 0.05) is 17.5 Å². The first-order chi connectivity index (χ1) is 12.4. The van der Waals surface area contributed by atoms with Gasteiger partial charge in [0.15, 0.2) is 14.9 Å². The van der Waals surface area contributed by atoms with Gasteiger partial charge in [0.2, 0.25) is 5.91 Å². The van der Waals surface area contributed by atoms with Crippen molar-refractivity contribution in [3.05, 3.63) is 72.3 Å². The highest BCUT2D eigenvalue weighted by atomic mass is 32.2. The summed E-state index contributed by atoms with van der Waals surface area (Å²) in [4.78, 5) is 12.2. The molecule has 0 saturated heterocycles. The van der Waals surface area contributed by atoms with Crippen LogP contribution < -0.4 is 5.32 Å². The first-order valence-corrected chi connectivity index (χ1v) is 9.79. The lowest BCUT2D eigenvalue weighted by atomic mass is 10.1. The minimum Gasteiger partial charge on any atom is -0.326 e. The van der Waals surface area contributed by atoms with Gasteiger partial charge >= 0.3 is 0 Å². The van der Waals surface area contributed by atoms with Crippen LogP contribution in [-0.2, 0) is 21.1 Å². The molecule has 6 nitrogen and oxygen atoms in total. The SMILES string of the molecule is CS(=O)(=O)c1ccc(-c2cccc(NC(=O)Cc3ccccc3)c2)nn1. The molecule has 0 aliphatic heterocycles. The van der Waals surface area contributed by atoms with Crippen LogP contribution in [0.2, 0.25) is 0 Å². The van der Waals surface area contributed by atoms with Crippen molar-refractivity contribution < 1.29 is 13.2 Å². The molecule has 1 heterocycles. The Balaban J connectivity index is 1.75. The van der Waals surface area contributed by atoms with Crippen LogP contribution in [0.25, 0.3) is 11.3 Å². The number of carbonyl (C=O) groups is 1. The zero-order valence-electron chi connectivity index (χ0n) is 14.1. The molecule has 132 valence electrons. The van der Waals surface area contributed by atoms with E-state index in [1.807, 2.05) is 36.4 Å². The van der Waals surface area contributed by atoms with Crippen molar-refractivity contribution in [2.24, 2.45) is 0 Å². The Morgan fingerprint density at radius 2 is 1.73 bits per heavy atom. The second kappa shape index (κ2) is 7.45. The highest BCUT2D eigenvalue weighted by molar-refractivity contribution is 7.90. The third-order valence-electron chi connectivity index (χ3n) is 3.67. The molecule has 1 N–H and O–H groups in total. The van der Waals surface area contributed by atoms with E-state index in [-0.39, 0.29) is 17.4 Å². The summed E-state index contributed by atoms with van der Waals surface area (Å²) in [6.45, 7) is 0. The van der Waals surface area contributed by atoms with Gasteiger partial charge in [-0.2, -0.15) is 0 Å². The minimum atomic E-state index is -3.39. The predicted molar refractivity (Wildman–Crippen MR) is 99.4 cm³/mol.